The van der Waals surface area contributed by atoms with Crippen LogP contribution in [0.25, 0.3) is 0 Å². The molecule has 4 heteroatoms. The SMILES string of the molecule is CC1=NO[C@@H]2[C@H]1C(=O)C[C@@]2(C)O. The minimum Gasteiger partial charge on any atom is -0.388 e. The standard InChI is InChI=1S/C8H11NO3/c1-4-6-5(10)3-8(2,11)7(6)12-9-4/h6-7,11H,3H2,1-2H3/t6-,7-,8-/m1/s1. The lowest BCUT2D eigenvalue weighted by atomic mass is 9.96. The molecule has 0 radical (unpaired) electrons. The molecule has 1 fully saturated rings. The third-order valence-electron chi connectivity index (χ3n) is 2.56. The van der Waals surface area contributed by atoms with Crippen LogP contribution in [-0.2, 0) is 9.63 Å². The fourth-order valence-corrected chi connectivity index (χ4v) is 1.91. The number of carbonyl (C=O) groups is 1. The summed E-state index contributed by atoms with van der Waals surface area (Å²) >= 11 is 0. The Kier molecular flexibility index (Phi) is 1.33. The molecule has 1 saturated carbocycles. The Bertz CT molecular complexity index is 269. The predicted molar refractivity (Wildman–Crippen MR) is 41.7 cm³/mol. The Labute approximate surface area is 70.2 Å². The van der Waals surface area contributed by atoms with Crippen LogP contribution < -0.4 is 0 Å². The summed E-state index contributed by atoms with van der Waals surface area (Å²) in [5.74, 6) is -0.274. The van der Waals surface area contributed by atoms with Gasteiger partial charge in [0.1, 0.15) is 17.3 Å². The first-order chi connectivity index (χ1) is 5.52. The number of fused-ring (bicyclic) bond motifs is 1. The summed E-state index contributed by atoms with van der Waals surface area (Å²) in [7, 11) is 0. The highest BCUT2D eigenvalue weighted by Gasteiger charge is 2.55. The van der Waals surface area contributed by atoms with Crippen molar-refractivity contribution in [3.8, 4) is 0 Å². The van der Waals surface area contributed by atoms with Gasteiger partial charge in [-0.15, -0.1) is 0 Å². The van der Waals surface area contributed by atoms with Crippen molar-refractivity contribution in [1.82, 2.24) is 0 Å². The average molecular weight is 169 g/mol. The number of nitrogens with zero attached hydrogens (tertiary/aromatic N) is 1. The Morgan fingerprint density at radius 2 is 2.42 bits per heavy atom. The molecule has 0 unspecified atom stereocenters. The number of hydrogen-bond acceptors (Lipinski definition) is 4. The van der Waals surface area contributed by atoms with Crippen molar-refractivity contribution < 1.29 is 14.7 Å². The monoisotopic (exact) mass is 169 g/mol. The van der Waals surface area contributed by atoms with Gasteiger partial charge in [0.2, 0.25) is 0 Å². The Morgan fingerprint density at radius 1 is 1.75 bits per heavy atom. The van der Waals surface area contributed by atoms with Crippen LogP contribution in [0.15, 0.2) is 5.16 Å². The molecule has 1 aliphatic heterocycles. The predicted octanol–water partition coefficient (Wildman–Crippen LogP) is 0.101. The van der Waals surface area contributed by atoms with Gasteiger partial charge in [-0.3, -0.25) is 4.79 Å². The topological polar surface area (TPSA) is 58.9 Å². The Hall–Kier alpha value is -0.900. The molecule has 66 valence electrons. The molecule has 0 aromatic heterocycles. The van der Waals surface area contributed by atoms with Crippen molar-refractivity contribution in [1.29, 1.82) is 0 Å². The van der Waals surface area contributed by atoms with Crippen molar-refractivity contribution in [3.05, 3.63) is 0 Å². The third kappa shape index (κ3) is 0.813. The van der Waals surface area contributed by atoms with Gasteiger partial charge in [0, 0.05) is 6.42 Å². The minimum atomic E-state index is -1.04. The summed E-state index contributed by atoms with van der Waals surface area (Å²) in [4.78, 5) is 16.4. The molecule has 12 heavy (non-hydrogen) atoms. The van der Waals surface area contributed by atoms with Crippen LogP contribution in [0.1, 0.15) is 20.3 Å². The van der Waals surface area contributed by atoms with Gasteiger partial charge in [0.15, 0.2) is 6.10 Å². The number of carbonyl (C=O) groups excluding carboxylic acids is 1. The van der Waals surface area contributed by atoms with E-state index >= 15 is 0 Å². The van der Waals surface area contributed by atoms with Crippen LogP contribution in [0.5, 0.6) is 0 Å². The minimum absolute atomic E-state index is 0.0313. The number of rotatable bonds is 0. The smallest absolute Gasteiger partial charge is 0.171 e. The van der Waals surface area contributed by atoms with Gasteiger partial charge in [-0.05, 0) is 13.8 Å². The number of oxime groups is 1. The van der Waals surface area contributed by atoms with Gasteiger partial charge in [-0.1, -0.05) is 5.16 Å². The van der Waals surface area contributed by atoms with Crippen molar-refractivity contribution >= 4 is 11.5 Å². The van der Waals surface area contributed by atoms with Gasteiger partial charge in [-0.2, -0.15) is 0 Å². The van der Waals surface area contributed by atoms with Crippen LogP contribution in [0.4, 0.5) is 0 Å². The summed E-state index contributed by atoms with van der Waals surface area (Å²) in [5.41, 5.74) is -0.356. The maximum Gasteiger partial charge on any atom is 0.171 e. The van der Waals surface area contributed by atoms with E-state index in [9.17, 15) is 9.90 Å². The first-order valence-corrected chi connectivity index (χ1v) is 3.98. The molecule has 1 heterocycles. The number of ketones is 1. The van der Waals surface area contributed by atoms with E-state index in [1.54, 1.807) is 13.8 Å². The lowest BCUT2D eigenvalue weighted by molar-refractivity contribution is -0.120. The number of hydrogen-bond donors (Lipinski definition) is 1. The fourth-order valence-electron chi connectivity index (χ4n) is 1.91. The quantitative estimate of drug-likeness (QED) is 0.559. The van der Waals surface area contributed by atoms with Gasteiger partial charge < -0.3 is 9.94 Å². The number of Topliss-reactive ketones (excluding diaryl/α,β-unsaturated/α-hetero) is 1. The maximum atomic E-state index is 11.4. The molecule has 1 aliphatic carbocycles. The zero-order valence-corrected chi connectivity index (χ0v) is 7.07. The van der Waals surface area contributed by atoms with E-state index in [2.05, 4.69) is 5.16 Å². The first kappa shape index (κ1) is 7.73. The summed E-state index contributed by atoms with van der Waals surface area (Å²) in [6.07, 6.45) is -0.278. The first-order valence-electron chi connectivity index (χ1n) is 3.98. The molecule has 0 bridgehead atoms. The zero-order valence-electron chi connectivity index (χ0n) is 7.07. The second-order valence-corrected chi connectivity index (χ2v) is 3.74. The largest absolute Gasteiger partial charge is 0.388 e. The molecule has 0 spiro atoms. The van der Waals surface area contributed by atoms with Crippen LogP contribution in [0.2, 0.25) is 0 Å². The highest BCUT2D eigenvalue weighted by molar-refractivity contribution is 6.07. The second-order valence-electron chi connectivity index (χ2n) is 3.74. The normalized spacial score (nSPS) is 45.6. The molecule has 1 N–H and O–H groups in total. The van der Waals surface area contributed by atoms with E-state index in [0.29, 0.717) is 5.71 Å². The van der Waals surface area contributed by atoms with Crippen LogP contribution in [0.3, 0.4) is 0 Å². The van der Waals surface area contributed by atoms with E-state index in [1.165, 1.54) is 0 Å². The summed E-state index contributed by atoms with van der Waals surface area (Å²) in [5, 5.41) is 13.4. The highest BCUT2D eigenvalue weighted by Crippen LogP contribution is 2.38. The second kappa shape index (κ2) is 2.07. The van der Waals surface area contributed by atoms with Gasteiger partial charge in [0.05, 0.1) is 5.71 Å². The fraction of sp³-hybridized carbons (Fsp3) is 0.750. The maximum absolute atomic E-state index is 11.4. The van der Waals surface area contributed by atoms with E-state index in [4.69, 9.17) is 4.84 Å². The molecule has 0 aromatic carbocycles. The molecular formula is C8H11NO3. The van der Waals surface area contributed by atoms with E-state index < -0.39 is 11.7 Å². The summed E-state index contributed by atoms with van der Waals surface area (Å²) in [6.45, 7) is 3.37. The Morgan fingerprint density at radius 3 is 3.00 bits per heavy atom. The zero-order chi connectivity index (χ0) is 8.93. The van der Waals surface area contributed by atoms with Crippen molar-refractivity contribution in [3.63, 3.8) is 0 Å². The molecule has 0 saturated heterocycles. The lowest BCUT2D eigenvalue weighted by Crippen LogP contribution is -2.37. The molecular weight excluding hydrogens is 158 g/mol. The third-order valence-corrected chi connectivity index (χ3v) is 2.56. The average Bonchev–Trinajstić information content (AvgIpc) is 2.38. The molecule has 2 aliphatic rings. The van der Waals surface area contributed by atoms with Gasteiger partial charge in [-0.25, -0.2) is 0 Å². The van der Waals surface area contributed by atoms with Crippen molar-refractivity contribution in [2.45, 2.75) is 32.0 Å². The highest BCUT2D eigenvalue weighted by atomic mass is 16.7. The van der Waals surface area contributed by atoms with Crippen molar-refractivity contribution in [2.24, 2.45) is 11.1 Å². The molecule has 3 atom stereocenters. The van der Waals surface area contributed by atoms with Crippen LogP contribution >= 0.6 is 0 Å². The van der Waals surface area contributed by atoms with E-state index in [0.717, 1.165) is 0 Å². The summed E-state index contributed by atoms with van der Waals surface area (Å²) < 4.78 is 0. The van der Waals surface area contributed by atoms with Gasteiger partial charge in [0.25, 0.3) is 0 Å². The Balaban J connectivity index is 2.34. The summed E-state index contributed by atoms with van der Waals surface area (Å²) in [6, 6.07) is 0. The molecule has 0 aromatic rings. The van der Waals surface area contributed by atoms with E-state index in [-0.39, 0.29) is 18.1 Å². The van der Waals surface area contributed by atoms with E-state index in [1.807, 2.05) is 0 Å². The van der Waals surface area contributed by atoms with Crippen LogP contribution in [-0.4, -0.2) is 28.3 Å². The van der Waals surface area contributed by atoms with Gasteiger partial charge >= 0.3 is 0 Å². The molecule has 2 rings (SSSR count). The molecule has 0 amide bonds. The van der Waals surface area contributed by atoms with Crippen LogP contribution in [0, 0.1) is 5.92 Å². The van der Waals surface area contributed by atoms with Crippen molar-refractivity contribution in [2.75, 3.05) is 0 Å². The molecule has 4 nitrogen and oxygen atoms in total. The number of aliphatic hydroxyl groups is 1. The lowest BCUT2D eigenvalue weighted by Gasteiger charge is -2.20.